The van der Waals surface area contributed by atoms with Gasteiger partial charge in [-0.2, -0.15) is 0 Å². The van der Waals surface area contributed by atoms with Crippen molar-refractivity contribution >= 4 is 28.4 Å². The summed E-state index contributed by atoms with van der Waals surface area (Å²) in [6, 6.07) is 9.95. The van der Waals surface area contributed by atoms with Crippen LogP contribution in [0.3, 0.4) is 0 Å². The van der Waals surface area contributed by atoms with Crippen LogP contribution in [0, 0.1) is 11.6 Å². The van der Waals surface area contributed by atoms with Crippen molar-refractivity contribution in [1.29, 1.82) is 0 Å². The Morgan fingerprint density at radius 1 is 1.10 bits per heavy atom. The number of halogens is 2. The van der Waals surface area contributed by atoms with Crippen molar-refractivity contribution in [2.75, 3.05) is 18.4 Å². The zero-order chi connectivity index (χ0) is 21.0. The molecular weight excluding hydrogens is 382 g/mol. The van der Waals surface area contributed by atoms with Crippen LogP contribution in [0.2, 0.25) is 0 Å². The third kappa shape index (κ3) is 4.45. The first kappa shape index (κ1) is 20.1. The third-order valence-corrected chi connectivity index (χ3v) is 4.33. The molecule has 7 nitrogen and oxygen atoms in total. The molecule has 2 amide bonds. The van der Waals surface area contributed by atoms with Gasteiger partial charge in [-0.1, -0.05) is 18.2 Å². The van der Waals surface area contributed by atoms with Gasteiger partial charge in [0.05, 0.1) is 23.8 Å². The molecule has 0 aliphatic heterocycles. The van der Waals surface area contributed by atoms with Crippen LogP contribution in [0.15, 0.2) is 53.6 Å². The van der Waals surface area contributed by atoms with Gasteiger partial charge in [0.25, 0.3) is 5.56 Å². The second-order valence-corrected chi connectivity index (χ2v) is 6.25. The van der Waals surface area contributed by atoms with Crippen LogP contribution in [-0.2, 0) is 16.1 Å². The van der Waals surface area contributed by atoms with E-state index >= 15 is 0 Å². The summed E-state index contributed by atoms with van der Waals surface area (Å²) < 4.78 is 28.5. The zero-order valence-electron chi connectivity index (χ0n) is 15.6. The number of rotatable bonds is 6. The highest BCUT2D eigenvalue weighted by atomic mass is 19.1. The minimum absolute atomic E-state index is 0.168. The molecule has 1 heterocycles. The third-order valence-electron chi connectivity index (χ3n) is 4.33. The number of benzene rings is 2. The van der Waals surface area contributed by atoms with Crippen LogP contribution in [0.5, 0.6) is 0 Å². The number of anilines is 1. The fraction of sp³-hybridized carbons (Fsp3) is 0.200. The maximum absolute atomic E-state index is 13.7. The summed E-state index contributed by atoms with van der Waals surface area (Å²) in [5.74, 6) is -3.09. The van der Waals surface area contributed by atoms with E-state index in [4.69, 9.17) is 0 Å². The molecule has 3 rings (SSSR count). The van der Waals surface area contributed by atoms with Gasteiger partial charge < -0.3 is 10.2 Å². The fourth-order valence-corrected chi connectivity index (χ4v) is 2.81. The van der Waals surface area contributed by atoms with E-state index in [1.807, 2.05) is 0 Å². The predicted molar refractivity (Wildman–Crippen MR) is 103 cm³/mol. The highest BCUT2D eigenvalue weighted by molar-refractivity contribution is 5.94. The van der Waals surface area contributed by atoms with Crippen LogP contribution in [0.4, 0.5) is 14.5 Å². The molecule has 0 atom stereocenters. The van der Waals surface area contributed by atoms with Gasteiger partial charge in [0.2, 0.25) is 11.8 Å². The minimum atomic E-state index is -0.915. The lowest BCUT2D eigenvalue weighted by Crippen LogP contribution is -2.41. The van der Waals surface area contributed by atoms with Gasteiger partial charge in [0.15, 0.2) is 0 Å². The van der Waals surface area contributed by atoms with Gasteiger partial charge in [-0.15, -0.1) is 0 Å². The SMILES string of the molecule is CCN(CC(=O)Nc1c(F)cccc1F)C(=O)Cn1cnc2ccccc2c1=O. The Morgan fingerprint density at radius 2 is 1.79 bits per heavy atom. The van der Waals surface area contributed by atoms with Crippen molar-refractivity contribution in [3.8, 4) is 0 Å². The number of aromatic nitrogens is 2. The summed E-state index contributed by atoms with van der Waals surface area (Å²) in [6.45, 7) is 1.09. The summed E-state index contributed by atoms with van der Waals surface area (Å²) in [5, 5.41) is 2.51. The van der Waals surface area contributed by atoms with Crippen molar-refractivity contribution in [3.63, 3.8) is 0 Å². The standard InChI is InChI=1S/C20H18F2N4O3/c1-2-25(10-17(27)24-19-14(21)7-5-8-15(19)22)18(28)11-26-12-23-16-9-4-3-6-13(16)20(26)29/h3-9,12H,2,10-11H2,1H3,(H,24,27). The molecule has 0 aliphatic carbocycles. The first-order valence-corrected chi connectivity index (χ1v) is 8.86. The van der Waals surface area contributed by atoms with E-state index in [0.29, 0.717) is 10.9 Å². The molecule has 150 valence electrons. The molecule has 1 aromatic heterocycles. The number of fused-ring (bicyclic) bond motifs is 1. The van der Waals surface area contributed by atoms with Crippen LogP contribution in [-0.4, -0.2) is 39.4 Å². The molecule has 2 aromatic carbocycles. The molecule has 0 unspecified atom stereocenters. The molecule has 0 fully saturated rings. The molecule has 3 aromatic rings. The summed E-state index contributed by atoms with van der Waals surface area (Å²) in [4.78, 5) is 42.6. The van der Waals surface area contributed by atoms with Crippen LogP contribution >= 0.6 is 0 Å². The number of hydrogen-bond acceptors (Lipinski definition) is 4. The van der Waals surface area contributed by atoms with Crippen molar-refractivity contribution < 1.29 is 18.4 Å². The largest absolute Gasteiger partial charge is 0.332 e. The lowest BCUT2D eigenvalue weighted by Gasteiger charge is -2.21. The number of amides is 2. The number of carbonyl (C=O) groups is 2. The van der Waals surface area contributed by atoms with Crippen LogP contribution < -0.4 is 10.9 Å². The average molecular weight is 400 g/mol. The monoisotopic (exact) mass is 400 g/mol. The van der Waals surface area contributed by atoms with Crippen molar-refractivity contribution in [2.24, 2.45) is 0 Å². The number of hydrogen-bond donors (Lipinski definition) is 1. The van der Waals surface area contributed by atoms with E-state index in [1.54, 1.807) is 31.2 Å². The number of nitrogens with one attached hydrogen (secondary N) is 1. The zero-order valence-corrected chi connectivity index (χ0v) is 15.6. The Balaban J connectivity index is 1.71. The van der Waals surface area contributed by atoms with Crippen molar-refractivity contribution in [3.05, 3.63) is 70.8 Å². The Morgan fingerprint density at radius 3 is 2.48 bits per heavy atom. The topological polar surface area (TPSA) is 84.3 Å². The molecule has 9 heteroatoms. The van der Waals surface area contributed by atoms with E-state index in [-0.39, 0.29) is 18.6 Å². The smallest absolute Gasteiger partial charge is 0.261 e. The number of para-hydroxylation sites is 2. The number of likely N-dealkylation sites (N-methyl/N-ethyl adjacent to an activating group) is 1. The summed E-state index contributed by atoms with van der Waals surface area (Å²) in [6.07, 6.45) is 1.27. The van der Waals surface area contributed by atoms with Gasteiger partial charge in [0.1, 0.15) is 23.9 Å². The summed E-state index contributed by atoms with van der Waals surface area (Å²) in [5.41, 5.74) is -0.436. The van der Waals surface area contributed by atoms with Gasteiger partial charge in [-0.25, -0.2) is 13.8 Å². The first-order valence-electron chi connectivity index (χ1n) is 8.86. The van der Waals surface area contributed by atoms with Crippen molar-refractivity contribution in [2.45, 2.75) is 13.5 Å². The Hall–Kier alpha value is -3.62. The second-order valence-electron chi connectivity index (χ2n) is 6.25. The highest BCUT2D eigenvalue weighted by Crippen LogP contribution is 2.17. The highest BCUT2D eigenvalue weighted by Gasteiger charge is 2.19. The fourth-order valence-electron chi connectivity index (χ4n) is 2.81. The molecule has 0 radical (unpaired) electrons. The van der Waals surface area contributed by atoms with Crippen LogP contribution in [0.25, 0.3) is 10.9 Å². The second kappa shape index (κ2) is 8.59. The van der Waals surface area contributed by atoms with Gasteiger partial charge in [0, 0.05) is 6.54 Å². The van der Waals surface area contributed by atoms with E-state index in [2.05, 4.69) is 10.3 Å². The van der Waals surface area contributed by atoms with Crippen LogP contribution in [0.1, 0.15) is 6.92 Å². The lowest BCUT2D eigenvalue weighted by molar-refractivity contribution is -0.135. The minimum Gasteiger partial charge on any atom is -0.332 e. The molecule has 0 aliphatic rings. The molecule has 29 heavy (non-hydrogen) atoms. The Kier molecular flexibility index (Phi) is 5.96. The van der Waals surface area contributed by atoms with E-state index < -0.39 is 35.7 Å². The van der Waals surface area contributed by atoms with Crippen molar-refractivity contribution in [1.82, 2.24) is 14.5 Å². The summed E-state index contributed by atoms with van der Waals surface area (Å²) >= 11 is 0. The molecule has 0 saturated carbocycles. The maximum atomic E-state index is 13.7. The molecule has 0 bridgehead atoms. The molecular formula is C20H18F2N4O3. The lowest BCUT2D eigenvalue weighted by atomic mass is 10.2. The Labute approximate surface area is 164 Å². The summed E-state index contributed by atoms with van der Waals surface area (Å²) in [7, 11) is 0. The Bertz CT molecular complexity index is 1110. The number of carbonyl (C=O) groups excluding carboxylic acids is 2. The quantitative estimate of drug-likeness (QED) is 0.687. The predicted octanol–water partition coefficient (Wildman–Crippen LogP) is 2.16. The van der Waals surface area contributed by atoms with E-state index in [9.17, 15) is 23.2 Å². The van der Waals surface area contributed by atoms with Gasteiger partial charge >= 0.3 is 0 Å². The van der Waals surface area contributed by atoms with Gasteiger partial charge in [-0.3, -0.25) is 19.0 Å². The maximum Gasteiger partial charge on any atom is 0.261 e. The molecule has 0 saturated heterocycles. The molecule has 0 spiro atoms. The van der Waals surface area contributed by atoms with E-state index in [1.165, 1.54) is 17.3 Å². The van der Waals surface area contributed by atoms with Gasteiger partial charge in [-0.05, 0) is 31.2 Å². The first-order chi connectivity index (χ1) is 13.9. The number of nitrogens with zero attached hydrogens (tertiary/aromatic N) is 3. The normalized spacial score (nSPS) is 10.7. The average Bonchev–Trinajstić information content (AvgIpc) is 2.71. The molecule has 1 N–H and O–H groups in total. The van der Waals surface area contributed by atoms with E-state index in [0.717, 1.165) is 16.7 Å².